The number of esters is 1. The molecule has 0 heterocycles. The predicted octanol–water partition coefficient (Wildman–Crippen LogP) is 2.09. The summed E-state index contributed by atoms with van der Waals surface area (Å²) in [6.45, 7) is 3.40. The van der Waals surface area contributed by atoms with E-state index in [1.54, 1.807) is 19.1 Å². The first-order chi connectivity index (χ1) is 8.10. The van der Waals surface area contributed by atoms with E-state index in [1.807, 2.05) is 24.3 Å². The SMILES string of the molecule is CCOC(=O)CC(C)=O.N#Cc1ccccc1. The fourth-order valence-corrected chi connectivity index (χ4v) is 0.928. The Hall–Kier alpha value is -2.15. The lowest BCUT2D eigenvalue weighted by atomic mass is 10.2. The number of hydrogen-bond donors (Lipinski definition) is 0. The third kappa shape index (κ3) is 8.82. The van der Waals surface area contributed by atoms with Crippen LogP contribution in [0.15, 0.2) is 30.3 Å². The van der Waals surface area contributed by atoms with Gasteiger partial charge in [-0.1, -0.05) is 18.2 Å². The standard InChI is InChI=1S/C7H5N.C6H10O3/c8-6-7-4-2-1-3-5-7;1-3-9-6(8)4-5(2)7/h1-5H;3-4H2,1-2H3. The fourth-order valence-electron chi connectivity index (χ4n) is 0.928. The maximum Gasteiger partial charge on any atom is 0.313 e. The number of ketones is 1. The molecule has 17 heavy (non-hydrogen) atoms. The lowest BCUT2D eigenvalue weighted by molar-refractivity contribution is -0.145. The van der Waals surface area contributed by atoms with Crippen LogP contribution in [-0.2, 0) is 14.3 Å². The van der Waals surface area contributed by atoms with Gasteiger partial charge in [0.05, 0.1) is 18.2 Å². The second-order valence-electron chi connectivity index (χ2n) is 3.16. The number of Topliss-reactive ketones (excluding diaryl/α,β-unsaturated/α-hetero) is 1. The molecule has 0 aliphatic carbocycles. The van der Waals surface area contributed by atoms with Crippen molar-refractivity contribution in [3.05, 3.63) is 35.9 Å². The predicted molar refractivity (Wildman–Crippen MR) is 63.1 cm³/mol. The summed E-state index contributed by atoms with van der Waals surface area (Å²) in [5.41, 5.74) is 0.715. The first-order valence-corrected chi connectivity index (χ1v) is 5.20. The Bertz CT molecular complexity index is 393. The van der Waals surface area contributed by atoms with Crippen LogP contribution < -0.4 is 0 Å². The summed E-state index contributed by atoms with van der Waals surface area (Å²) in [4.78, 5) is 20.6. The van der Waals surface area contributed by atoms with Crippen LogP contribution in [-0.4, -0.2) is 18.4 Å². The van der Waals surface area contributed by atoms with Crippen molar-refractivity contribution in [2.24, 2.45) is 0 Å². The summed E-state index contributed by atoms with van der Waals surface area (Å²) in [6.07, 6.45) is -0.103. The Balaban J connectivity index is 0.000000302. The summed E-state index contributed by atoms with van der Waals surface area (Å²) in [7, 11) is 0. The van der Waals surface area contributed by atoms with Gasteiger partial charge in [0.25, 0.3) is 0 Å². The topological polar surface area (TPSA) is 67.2 Å². The molecule has 4 nitrogen and oxygen atoms in total. The largest absolute Gasteiger partial charge is 0.466 e. The van der Waals surface area contributed by atoms with Crippen LogP contribution in [0.2, 0.25) is 0 Å². The molecule has 1 aromatic carbocycles. The van der Waals surface area contributed by atoms with Gasteiger partial charge < -0.3 is 4.74 Å². The first-order valence-electron chi connectivity index (χ1n) is 5.20. The van der Waals surface area contributed by atoms with Gasteiger partial charge in [-0.3, -0.25) is 9.59 Å². The van der Waals surface area contributed by atoms with Crippen molar-refractivity contribution in [2.75, 3.05) is 6.61 Å². The minimum atomic E-state index is -0.440. The number of ether oxygens (including phenoxy) is 1. The maximum atomic E-state index is 10.4. The Morgan fingerprint density at radius 3 is 2.24 bits per heavy atom. The highest BCUT2D eigenvalue weighted by molar-refractivity contribution is 5.94. The third-order valence-corrected chi connectivity index (χ3v) is 1.60. The van der Waals surface area contributed by atoms with E-state index < -0.39 is 5.97 Å². The zero-order valence-electron chi connectivity index (χ0n) is 9.97. The van der Waals surface area contributed by atoms with Crippen molar-refractivity contribution in [3.8, 4) is 6.07 Å². The molecule has 4 heteroatoms. The van der Waals surface area contributed by atoms with E-state index in [4.69, 9.17) is 5.26 Å². The van der Waals surface area contributed by atoms with E-state index in [2.05, 4.69) is 4.74 Å². The smallest absolute Gasteiger partial charge is 0.313 e. The Morgan fingerprint density at radius 1 is 1.29 bits per heavy atom. The molecule has 0 amide bonds. The summed E-state index contributed by atoms with van der Waals surface area (Å²) in [6, 6.07) is 11.2. The summed E-state index contributed by atoms with van der Waals surface area (Å²) >= 11 is 0. The number of carbonyl (C=O) groups excluding carboxylic acids is 2. The molecule has 0 aromatic heterocycles. The second-order valence-corrected chi connectivity index (χ2v) is 3.16. The third-order valence-electron chi connectivity index (χ3n) is 1.60. The molecule has 0 saturated heterocycles. The van der Waals surface area contributed by atoms with E-state index in [9.17, 15) is 9.59 Å². The van der Waals surface area contributed by atoms with Crippen LogP contribution in [0.1, 0.15) is 25.8 Å². The van der Waals surface area contributed by atoms with Crippen LogP contribution in [0, 0.1) is 11.3 Å². The molecule has 0 fully saturated rings. The van der Waals surface area contributed by atoms with E-state index in [0.29, 0.717) is 12.2 Å². The van der Waals surface area contributed by atoms with E-state index in [-0.39, 0.29) is 12.2 Å². The first kappa shape index (κ1) is 14.8. The molecule has 0 saturated carbocycles. The highest BCUT2D eigenvalue weighted by Gasteiger charge is 2.03. The van der Waals surface area contributed by atoms with Crippen molar-refractivity contribution in [3.63, 3.8) is 0 Å². The molecule has 0 radical (unpaired) electrons. The zero-order chi connectivity index (χ0) is 13.1. The molecule has 0 N–H and O–H groups in total. The maximum absolute atomic E-state index is 10.4. The van der Waals surface area contributed by atoms with Crippen LogP contribution >= 0.6 is 0 Å². The number of nitriles is 1. The summed E-state index contributed by atoms with van der Waals surface area (Å²) in [5.74, 6) is -0.599. The van der Waals surface area contributed by atoms with Crippen LogP contribution in [0.4, 0.5) is 0 Å². The fraction of sp³-hybridized carbons (Fsp3) is 0.308. The number of carbonyl (C=O) groups is 2. The van der Waals surface area contributed by atoms with Crippen molar-refractivity contribution in [1.29, 1.82) is 5.26 Å². The molecule has 90 valence electrons. The molecule has 0 aliphatic rings. The van der Waals surface area contributed by atoms with Gasteiger partial charge in [-0.15, -0.1) is 0 Å². The molecule has 0 spiro atoms. The highest BCUT2D eigenvalue weighted by Crippen LogP contribution is 1.93. The van der Waals surface area contributed by atoms with Gasteiger partial charge in [0.2, 0.25) is 0 Å². The van der Waals surface area contributed by atoms with Crippen molar-refractivity contribution < 1.29 is 14.3 Å². The minimum absolute atomic E-state index is 0.103. The van der Waals surface area contributed by atoms with Gasteiger partial charge in [0.1, 0.15) is 12.2 Å². The number of nitrogens with zero attached hydrogens (tertiary/aromatic N) is 1. The van der Waals surface area contributed by atoms with Crippen LogP contribution in [0.25, 0.3) is 0 Å². The highest BCUT2D eigenvalue weighted by atomic mass is 16.5. The van der Waals surface area contributed by atoms with Crippen molar-refractivity contribution >= 4 is 11.8 Å². The van der Waals surface area contributed by atoms with E-state index in [1.165, 1.54) is 6.92 Å². The van der Waals surface area contributed by atoms with Crippen LogP contribution in [0.3, 0.4) is 0 Å². The monoisotopic (exact) mass is 233 g/mol. The van der Waals surface area contributed by atoms with E-state index >= 15 is 0 Å². The Morgan fingerprint density at radius 2 is 1.88 bits per heavy atom. The molecular formula is C13H15NO3. The number of rotatable bonds is 3. The Labute approximate surface area is 101 Å². The molecule has 0 bridgehead atoms. The molecule has 0 atom stereocenters. The lowest BCUT2D eigenvalue weighted by Crippen LogP contribution is -2.07. The average Bonchev–Trinajstić information content (AvgIpc) is 2.30. The average molecular weight is 233 g/mol. The van der Waals surface area contributed by atoms with Crippen molar-refractivity contribution in [2.45, 2.75) is 20.3 Å². The van der Waals surface area contributed by atoms with Gasteiger partial charge in [0.15, 0.2) is 0 Å². The van der Waals surface area contributed by atoms with Gasteiger partial charge in [-0.05, 0) is 26.0 Å². The quantitative estimate of drug-likeness (QED) is 0.592. The van der Waals surface area contributed by atoms with Gasteiger partial charge in [-0.25, -0.2) is 0 Å². The summed E-state index contributed by atoms with van der Waals surface area (Å²) < 4.78 is 4.49. The molecule has 0 aliphatic heterocycles. The molecule has 1 aromatic rings. The number of hydrogen-bond acceptors (Lipinski definition) is 4. The molecule has 0 unspecified atom stereocenters. The minimum Gasteiger partial charge on any atom is -0.466 e. The van der Waals surface area contributed by atoms with Gasteiger partial charge >= 0.3 is 5.97 Å². The Kier molecular flexibility index (Phi) is 7.95. The normalized spacial score (nSPS) is 8.29. The van der Waals surface area contributed by atoms with E-state index in [0.717, 1.165) is 0 Å². The molecular weight excluding hydrogens is 218 g/mol. The van der Waals surface area contributed by atoms with Crippen molar-refractivity contribution in [1.82, 2.24) is 0 Å². The zero-order valence-corrected chi connectivity index (χ0v) is 9.97. The van der Waals surface area contributed by atoms with Gasteiger partial charge in [-0.2, -0.15) is 5.26 Å². The molecule has 1 rings (SSSR count). The summed E-state index contributed by atoms with van der Waals surface area (Å²) in [5, 5.41) is 8.29. The van der Waals surface area contributed by atoms with Crippen LogP contribution in [0.5, 0.6) is 0 Å². The lowest BCUT2D eigenvalue weighted by Gasteiger charge is -1.96. The number of benzene rings is 1. The second kappa shape index (κ2) is 9.10. The van der Waals surface area contributed by atoms with Gasteiger partial charge in [0, 0.05) is 0 Å².